The Morgan fingerprint density at radius 1 is 1.45 bits per heavy atom. The lowest BCUT2D eigenvalue weighted by molar-refractivity contribution is 1.60. The highest BCUT2D eigenvalue weighted by molar-refractivity contribution is 9.10. The van der Waals surface area contributed by atoms with E-state index < -0.39 is 0 Å². The van der Waals surface area contributed by atoms with E-state index in [0.717, 1.165) is 15.1 Å². The maximum absolute atomic E-state index is 5.81. The number of halogens is 2. The van der Waals surface area contributed by atoms with Crippen molar-refractivity contribution >= 4 is 33.6 Å². The lowest BCUT2D eigenvalue weighted by atomic mass is 10.2. The Kier molecular flexibility index (Phi) is 3.16. The molecule has 0 aromatic heterocycles. The van der Waals surface area contributed by atoms with Crippen molar-refractivity contribution in [2.45, 2.75) is 6.92 Å². The van der Waals surface area contributed by atoms with E-state index in [1.54, 1.807) is 0 Å². The lowest BCUT2D eigenvalue weighted by Crippen LogP contribution is -1.72. The predicted molar refractivity (Wildman–Crippen MR) is 53.9 cm³/mol. The van der Waals surface area contributed by atoms with Gasteiger partial charge >= 0.3 is 0 Å². The van der Waals surface area contributed by atoms with Crippen LogP contribution in [0, 0.1) is 0 Å². The fraction of sp³-hybridized carbons (Fsp3) is 0.111. The molecule has 0 saturated heterocycles. The van der Waals surface area contributed by atoms with Gasteiger partial charge in [-0.05, 0) is 40.5 Å². The first-order valence-electron chi connectivity index (χ1n) is 3.32. The molecule has 0 amide bonds. The minimum atomic E-state index is 0.748. The molecule has 0 saturated carbocycles. The van der Waals surface area contributed by atoms with Gasteiger partial charge in [0.15, 0.2) is 0 Å². The summed E-state index contributed by atoms with van der Waals surface area (Å²) in [6.45, 7) is 1.99. The van der Waals surface area contributed by atoms with Crippen LogP contribution < -0.4 is 0 Å². The predicted octanol–water partition coefficient (Wildman–Crippen LogP) is 4.14. The van der Waals surface area contributed by atoms with E-state index in [0.29, 0.717) is 0 Å². The fourth-order valence-corrected chi connectivity index (χ4v) is 1.32. The van der Waals surface area contributed by atoms with E-state index in [2.05, 4.69) is 15.9 Å². The van der Waals surface area contributed by atoms with Gasteiger partial charge in [-0.3, -0.25) is 0 Å². The third kappa shape index (κ3) is 2.35. The number of benzene rings is 1. The molecule has 0 unspecified atom stereocenters. The lowest BCUT2D eigenvalue weighted by Gasteiger charge is -1.96. The summed E-state index contributed by atoms with van der Waals surface area (Å²) in [7, 11) is 0. The summed E-state index contributed by atoms with van der Waals surface area (Å²) >= 11 is 9.16. The van der Waals surface area contributed by atoms with E-state index in [-0.39, 0.29) is 0 Å². The Bertz CT molecular complexity index is 279. The van der Waals surface area contributed by atoms with E-state index in [9.17, 15) is 0 Å². The van der Waals surface area contributed by atoms with Gasteiger partial charge in [0.05, 0.1) is 5.02 Å². The third-order valence-corrected chi connectivity index (χ3v) is 2.52. The second kappa shape index (κ2) is 3.93. The van der Waals surface area contributed by atoms with Crippen molar-refractivity contribution in [3.63, 3.8) is 0 Å². The van der Waals surface area contributed by atoms with Crippen molar-refractivity contribution in [2.24, 2.45) is 0 Å². The average Bonchev–Trinajstić information content (AvgIpc) is 1.98. The Morgan fingerprint density at radius 2 is 2.18 bits per heavy atom. The SMILES string of the molecule is C/C=C/c1ccc(Cl)c(Br)c1. The van der Waals surface area contributed by atoms with Crippen molar-refractivity contribution < 1.29 is 0 Å². The number of allylic oxidation sites excluding steroid dienone is 1. The maximum atomic E-state index is 5.81. The number of hydrogen-bond acceptors (Lipinski definition) is 0. The van der Waals surface area contributed by atoms with Crippen LogP contribution >= 0.6 is 27.5 Å². The Hall–Kier alpha value is -0.270. The molecule has 1 aromatic rings. The summed E-state index contributed by atoms with van der Waals surface area (Å²) in [6.07, 6.45) is 4.02. The van der Waals surface area contributed by atoms with Gasteiger partial charge in [0.25, 0.3) is 0 Å². The van der Waals surface area contributed by atoms with Crippen LogP contribution in [-0.4, -0.2) is 0 Å². The Morgan fingerprint density at radius 3 is 2.73 bits per heavy atom. The molecule has 0 N–H and O–H groups in total. The molecule has 58 valence electrons. The molecular formula is C9H8BrCl. The van der Waals surface area contributed by atoms with Crippen molar-refractivity contribution in [3.8, 4) is 0 Å². The van der Waals surface area contributed by atoms with Gasteiger partial charge in [-0.15, -0.1) is 0 Å². The van der Waals surface area contributed by atoms with Crippen LogP contribution in [-0.2, 0) is 0 Å². The second-order valence-corrected chi connectivity index (χ2v) is 3.44. The van der Waals surface area contributed by atoms with E-state index in [1.165, 1.54) is 0 Å². The van der Waals surface area contributed by atoms with Crippen LogP contribution in [0.3, 0.4) is 0 Å². The summed E-state index contributed by atoms with van der Waals surface area (Å²) in [5.74, 6) is 0. The van der Waals surface area contributed by atoms with Crippen LogP contribution in [0.4, 0.5) is 0 Å². The summed E-state index contributed by atoms with van der Waals surface area (Å²) in [5, 5.41) is 0.748. The molecule has 0 aliphatic rings. The molecule has 0 aliphatic carbocycles. The first kappa shape index (κ1) is 8.82. The minimum Gasteiger partial charge on any atom is -0.0871 e. The fourth-order valence-electron chi connectivity index (χ4n) is 0.809. The van der Waals surface area contributed by atoms with Crippen LogP contribution in [0.15, 0.2) is 28.7 Å². The van der Waals surface area contributed by atoms with E-state index in [4.69, 9.17) is 11.6 Å². The van der Waals surface area contributed by atoms with Crippen molar-refractivity contribution in [1.29, 1.82) is 0 Å². The van der Waals surface area contributed by atoms with Gasteiger partial charge < -0.3 is 0 Å². The molecule has 0 radical (unpaired) electrons. The quantitative estimate of drug-likeness (QED) is 0.681. The van der Waals surface area contributed by atoms with Gasteiger partial charge in [-0.1, -0.05) is 29.8 Å². The first-order valence-corrected chi connectivity index (χ1v) is 4.49. The van der Waals surface area contributed by atoms with Crippen LogP contribution in [0.2, 0.25) is 5.02 Å². The molecule has 0 spiro atoms. The molecule has 1 rings (SSSR count). The Labute approximate surface area is 80.0 Å². The maximum Gasteiger partial charge on any atom is 0.0548 e. The zero-order valence-corrected chi connectivity index (χ0v) is 8.48. The van der Waals surface area contributed by atoms with Crippen LogP contribution in [0.5, 0.6) is 0 Å². The first-order chi connectivity index (χ1) is 5.24. The van der Waals surface area contributed by atoms with Gasteiger partial charge in [0, 0.05) is 4.47 Å². The van der Waals surface area contributed by atoms with E-state index >= 15 is 0 Å². The smallest absolute Gasteiger partial charge is 0.0548 e. The summed E-state index contributed by atoms with van der Waals surface area (Å²) in [4.78, 5) is 0. The molecular weight excluding hydrogens is 223 g/mol. The molecule has 1 aromatic carbocycles. The molecule has 11 heavy (non-hydrogen) atoms. The van der Waals surface area contributed by atoms with Crippen molar-refractivity contribution in [1.82, 2.24) is 0 Å². The molecule has 0 bridgehead atoms. The molecule has 0 heterocycles. The zero-order valence-electron chi connectivity index (χ0n) is 6.14. The second-order valence-electron chi connectivity index (χ2n) is 2.17. The zero-order chi connectivity index (χ0) is 8.27. The molecule has 0 fully saturated rings. The van der Waals surface area contributed by atoms with Crippen LogP contribution in [0.25, 0.3) is 6.08 Å². The number of rotatable bonds is 1. The molecule has 2 heteroatoms. The minimum absolute atomic E-state index is 0.748. The highest BCUT2D eigenvalue weighted by Crippen LogP contribution is 2.23. The monoisotopic (exact) mass is 230 g/mol. The highest BCUT2D eigenvalue weighted by Gasteiger charge is 1.94. The average molecular weight is 232 g/mol. The van der Waals surface area contributed by atoms with E-state index in [1.807, 2.05) is 37.3 Å². The molecule has 0 nitrogen and oxygen atoms in total. The van der Waals surface area contributed by atoms with Crippen LogP contribution in [0.1, 0.15) is 12.5 Å². The molecule has 0 atom stereocenters. The Balaban J connectivity index is 3.05. The van der Waals surface area contributed by atoms with Gasteiger partial charge in [0.2, 0.25) is 0 Å². The standard InChI is InChI=1S/C9H8BrCl/c1-2-3-7-4-5-9(11)8(10)6-7/h2-6H,1H3/b3-2+. The van der Waals surface area contributed by atoms with Crippen molar-refractivity contribution in [3.05, 3.63) is 39.3 Å². The van der Waals surface area contributed by atoms with Gasteiger partial charge in [-0.2, -0.15) is 0 Å². The summed E-state index contributed by atoms with van der Waals surface area (Å²) in [5.41, 5.74) is 1.16. The summed E-state index contributed by atoms with van der Waals surface area (Å²) < 4.78 is 0.940. The highest BCUT2D eigenvalue weighted by atomic mass is 79.9. The summed E-state index contributed by atoms with van der Waals surface area (Å²) in [6, 6.07) is 5.84. The van der Waals surface area contributed by atoms with Gasteiger partial charge in [-0.25, -0.2) is 0 Å². The molecule has 0 aliphatic heterocycles. The van der Waals surface area contributed by atoms with Gasteiger partial charge in [0.1, 0.15) is 0 Å². The normalized spacial score (nSPS) is 10.8. The largest absolute Gasteiger partial charge is 0.0871 e. The topological polar surface area (TPSA) is 0 Å². The van der Waals surface area contributed by atoms with Crippen molar-refractivity contribution in [2.75, 3.05) is 0 Å². The third-order valence-electron chi connectivity index (χ3n) is 1.30. The number of hydrogen-bond donors (Lipinski definition) is 0.